The lowest BCUT2D eigenvalue weighted by Crippen LogP contribution is -2.43. The molecule has 1 heterocycles. The molecule has 1 amide bonds. The zero-order chi connectivity index (χ0) is 16.4. The number of aliphatic carboxylic acids is 1. The number of fused-ring (bicyclic) bond motifs is 1. The van der Waals surface area contributed by atoms with Crippen LogP contribution >= 0.6 is 0 Å². The van der Waals surface area contributed by atoms with E-state index in [1.807, 2.05) is 30.3 Å². The number of carbonyl (C=O) groups is 2. The number of amides is 1. The zero-order valence-electron chi connectivity index (χ0n) is 13.2. The number of benzene rings is 1. The molecule has 1 aromatic rings. The number of hydrogen-bond donors (Lipinski definition) is 1. The van der Waals surface area contributed by atoms with Gasteiger partial charge in [-0.2, -0.15) is 0 Å². The first kappa shape index (κ1) is 15.8. The Bertz CT molecular complexity index is 598. The summed E-state index contributed by atoms with van der Waals surface area (Å²) in [4.78, 5) is 26.0. The Labute approximate surface area is 136 Å². The van der Waals surface area contributed by atoms with Gasteiger partial charge in [0.05, 0.1) is 0 Å². The van der Waals surface area contributed by atoms with Crippen molar-refractivity contribution >= 4 is 11.9 Å². The van der Waals surface area contributed by atoms with Crippen molar-refractivity contribution in [1.29, 1.82) is 0 Å². The van der Waals surface area contributed by atoms with Crippen molar-refractivity contribution in [3.63, 3.8) is 0 Å². The van der Waals surface area contributed by atoms with E-state index in [2.05, 4.69) is 6.58 Å². The van der Waals surface area contributed by atoms with Gasteiger partial charge in [0.15, 0.2) is 0 Å². The minimum Gasteiger partial charge on any atom is -0.480 e. The predicted octanol–water partition coefficient (Wildman–Crippen LogP) is 3.06. The van der Waals surface area contributed by atoms with Crippen molar-refractivity contribution in [2.75, 3.05) is 6.54 Å². The van der Waals surface area contributed by atoms with Crippen molar-refractivity contribution in [2.24, 2.45) is 11.8 Å². The highest BCUT2D eigenvalue weighted by molar-refractivity contribution is 5.85. The number of allylic oxidation sites excluding steroid dienone is 1. The highest BCUT2D eigenvalue weighted by atomic mass is 16.4. The van der Waals surface area contributed by atoms with Crippen molar-refractivity contribution in [3.05, 3.63) is 48.6 Å². The van der Waals surface area contributed by atoms with Crippen LogP contribution in [0.25, 0.3) is 0 Å². The number of carboxylic acids is 1. The lowest BCUT2D eigenvalue weighted by Gasteiger charge is -2.26. The monoisotopic (exact) mass is 313 g/mol. The Morgan fingerprint density at radius 3 is 2.70 bits per heavy atom. The van der Waals surface area contributed by atoms with E-state index in [1.54, 1.807) is 11.0 Å². The molecule has 3 rings (SSSR count). The summed E-state index contributed by atoms with van der Waals surface area (Å²) in [5.74, 6) is -0.504. The standard InChI is InChI=1S/C19H23NO3/c1-2-13(14-7-4-3-5-8-14)11-17(21)20-12-15-9-6-10-16(15)18(20)19(22)23/h2-5,7-8,13,15-16,18H,1,6,9-12H2,(H,22,23). The average molecular weight is 313 g/mol. The second-order valence-electron chi connectivity index (χ2n) is 6.64. The van der Waals surface area contributed by atoms with E-state index < -0.39 is 12.0 Å². The molecule has 0 radical (unpaired) electrons. The zero-order valence-corrected chi connectivity index (χ0v) is 13.2. The fourth-order valence-electron chi connectivity index (χ4n) is 4.22. The molecule has 0 bridgehead atoms. The van der Waals surface area contributed by atoms with Crippen LogP contribution in [0.5, 0.6) is 0 Å². The molecule has 1 N–H and O–H groups in total. The van der Waals surface area contributed by atoms with Crippen LogP contribution in [0.1, 0.15) is 37.2 Å². The van der Waals surface area contributed by atoms with Gasteiger partial charge in [0.25, 0.3) is 0 Å². The van der Waals surface area contributed by atoms with Gasteiger partial charge >= 0.3 is 5.97 Å². The number of carboxylic acid groups (broad SMARTS) is 1. The van der Waals surface area contributed by atoms with Crippen molar-refractivity contribution in [1.82, 2.24) is 4.90 Å². The molecule has 0 aromatic heterocycles. The first-order valence-electron chi connectivity index (χ1n) is 8.31. The Kier molecular flexibility index (Phi) is 4.51. The van der Waals surface area contributed by atoms with Gasteiger partial charge in [-0.1, -0.05) is 42.8 Å². The Balaban J connectivity index is 1.74. The lowest BCUT2D eigenvalue weighted by atomic mass is 9.93. The summed E-state index contributed by atoms with van der Waals surface area (Å²) in [6.07, 6.45) is 5.12. The molecule has 2 aliphatic rings. The van der Waals surface area contributed by atoms with Crippen molar-refractivity contribution in [2.45, 2.75) is 37.6 Å². The summed E-state index contributed by atoms with van der Waals surface area (Å²) in [6, 6.07) is 9.14. The Morgan fingerprint density at radius 1 is 1.30 bits per heavy atom. The van der Waals surface area contributed by atoms with Crippen molar-refractivity contribution < 1.29 is 14.7 Å². The number of hydrogen-bond acceptors (Lipinski definition) is 2. The SMILES string of the molecule is C=CC(CC(=O)N1CC2CCCC2C1C(=O)O)c1ccccc1. The maximum absolute atomic E-state index is 12.7. The number of rotatable bonds is 5. The molecule has 0 spiro atoms. The number of carbonyl (C=O) groups excluding carboxylic acids is 1. The molecule has 1 saturated heterocycles. The summed E-state index contributed by atoms with van der Waals surface area (Å²) in [6.45, 7) is 4.44. The van der Waals surface area contributed by atoms with Gasteiger partial charge in [0, 0.05) is 18.9 Å². The molecule has 23 heavy (non-hydrogen) atoms. The van der Waals surface area contributed by atoms with Crippen LogP contribution in [0.4, 0.5) is 0 Å². The third-order valence-electron chi connectivity index (χ3n) is 5.37. The second-order valence-corrected chi connectivity index (χ2v) is 6.64. The van der Waals surface area contributed by atoms with Crippen LogP contribution in [0.3, 0.4) is 0 Å². The molecule has 4 heteroatoms. The summed E-state index contributed by atoms with van der Waals surface area (Å²) in [7, 11) is 0. The van der Waals surface area contributed by atoms with Crippen LogP contribution in [-0.2, 0) is 9.59 Å². The quantitative estimate of drug-likeness (QED) is 0.850. The Morgan fingerprint density at radius 2 is 2.04 bits per heavy atom. The first-order chi connectivity index (χ1) is 11.1. The highest BCUT2D eigenvalue weighted by Gasteiger charge is 2.49. The van der Waals surface area contributed by atoms with Crippen LogP contribution in [0, 0.1) is 11.8 Å². The molecule has 122 valence electrons. The number of likely N-dealkylation sites (tertiary alicyclic amines) is 1. The van der Waals surface area contributed by atoms with Crippen molar-refractivity contribution in [3.8, 4) is 0 Å². The molecule has 1 aromatic carbocycles. The molecular formula is C19H23NO3. The normalized spacial score (nSPS) is 27.5. The van der Waals surface area contributed by atoms with E-state index >= 15 is 0 Å². The van der Waals surface area contributed by atoms with E-state index in [-0.39, 0.29) is 24.2 Å². The molecule has 4 unspecified atom stereocenters. The third kappa shape index (κ3) is 3.03. The molecule has 2 fully saturated rings. The summed E-state index contributed by atoms with van der Waals surface area (Å²) >= 11 is 0. The van der Waals surface area contributed by atoms with E-state index in [1.165, 1.54) is 0 Å². The van der Waals surface area contributed by atoms with Crippen LogP contribution in [0.2, 0.25) is 0 Å². The summed E-state index contributed by atoms with van der Waals surface area (Å²) in [5.41, 5.74) is 1.04. The highest BCUT2D eigenvalue weighted by Crippen LogP contribution is 2.42. The molecule has 4 atom stereocenters. The fraction of sp³-hybridized carbons (Fsp3) is 0.474. The number of nitrogens with zero attached hydrogens (tertiary/aromatic N) is 1. The van der Waals surface area contributed by atoms with Crippen LogP contribution in [0.15, 0.2) is 43.0 Å². The first-order valence-corrected chi connectivity index (χ1v) is 8.31. The largest absolute Gasteiger partial charge is 0.480 e. The van der Waals surface area contributed by atoms with E-state index in [9.17, 15) is 14.7 Å². The predicted molar refractivity (Wildman–Crippen MR) is 88.0 cm³/mol. The van der Waals surface area contributed by atoms with Gasteiger partial charge in [-0.25, -0.2) is 4.79 Å². The van der Waals surface area contributed by atoms with Gasteiger partial charge in [-0.15, -0.1) is 6.58 Å². The van der Waals surface area contributed by atoms with Gasteiger partial charge in [0.1, 0.15) is 6.04 Å². The summed E-state index contributed by atoms with van der Waals surface area (Å²) in [5, 5.41) is 9.57. The van der Waals surface area contributed by atoms with E-state index in [4.69, 9.17) is 0 Å². The molecular weight excluding hydrogens is 290 g/mol. The lowest BCUT2D eigenvalue weighted by molar-refractivity contribution is -0.149. The minimum absolute atomic E-state index is 0.0689. The smallest absolute Gasteiger partial charge is 0.326 e. The van der Waals surface area contributed by atoms with Crippen LogP contribution < -0.4 is 0 Å². The molecule has 1 saturated carbocycles. The topological polar surface area (TPSA) is 57.6 Å². The van der Waals surface area contributed by atoms with Crippen LogP contribution in [-0.4, -0.2) is 34.5 Å². The van der Waals surface area contributed by atoms with Gasteiger partial charge in [-0.05, 0) is 30.2 Å². The third-order valence-corrected chi connectivity index (χ3v) is 5.37. The summed E-state index contributed by atoms with van der Waals surface area (Å²) < 4.78 is 0. The van der Waals surface area contributed by atoms with E-state index in [0.717, 1.165) is 24.8 Å². The molecule has 1 aliphatic heterocycles. The van der Waals surface area contributed by atoms with E-state index in [0.29, 0.717) is 12.5 Å². The fourth-order valence-corrected chi connectivity index (χ4v) is 4.22. The maximum atomic E-state index is 12.7. The van der Waals surface area contributed by atoms with Gasteiger partial charge in [0.2, 0.25) is 5.91 Å². The second kappa shape index (κ2) is 6.57. The Hall–Kier alpha value is -2.10. The maximum Gasteiger partial charge on any atom is 0.326 e. The average Bonchev–Trinajstić information content (AvgIpc) is 3.13. The minimum atomic E-state index is -0.859. The molecule has 1 aliphatic carbocycles. The molecule has 4 nitrogen and oxygen atoms in total. The van der Waals surface area contributed by atoms with Gasteiger partial charge in [-0.3, -0.25) is 4.79 Å². The van der Waals surface area contributed by atoms with Gasteiger partial charge < -0.3 is 10.0 Å².